The summed E-state index contributed by atoms with van der Waals surface area (Å²) < 4.78 is 28.8. The van der Waals surface area contributed by atoms with Crippen LogP contribution in [0.2, 0.25) is 20.1 Å². The molecule has 0 aliphatic carbocycles. The standard InChI is InChI=1S/C29H31Cl4N3O4S/c1-5-19(3)34-29(38)20(4)35(16-21-8-12-24(31)26(33)14-21)28(37)17-36(27-15-22(30)9-13-25(27)32)41(39,40)23-10-6-18(2)7-11-23/h6-15,19-20H,5,16-17H2,1-4H3,(H,34,38). The van der Waals surface area contributed by atoms with Crippen molar-refractivity contribution < 1.29 is 18.0 Å². The highest BCUT2D eigenvalue weighted by Gasteiger charge is 2.33. The number of aryl methyl sites for hydroxylation is 1. The van der Waals surface area contributed by atoms with Crippen LogP contribution >= 0.6 is 46.4 Å². The Kier molecular flexibility index (Phi) is 11.4. The van der Waals surface area contributed by atoms with Crippen LogP contribution in [0.15, 0.2) is 65.6 Å². The molecular formula is C29H31Cl4N3O4S. The lowest BCUT2D eigenvalue weighted by Crippen LogP contribution is -2.52. The van der Waals surface area contributed by atoms with E-state index in [0.717, 1.165) is 9.87 Å². The van der Waals surface area contributed by atoms with Crippen molar-refractivity contribution in [3.8, 4) is 0 Å². The van der Waals surface area contributed by atoms with Gasteiger partial charge >= 0.3 is 0 Å². The number of amides is 2. The van der Waals surface area contributed by atoms with Gasteiger partial charge in [-0.25, -0.2) is 8.42 Å². The molecule has 0 spiro atoms. The Hall–Kier alpha value is -2.49. The molecule has 3 aromatic carbocycles. The number of halogens is 4. The minimum atomic E-state index is -4.29. The summed E-state index contributed by atoms with van der Waals surface area (Å²) in [6.45, 7) is 6.51. The van der Waals surface area contributed by atoms with E-state index in [-0.39, 0.29) is 44.1 Å². The van der Waals surface area contributed by atoms with Crippen molar-refractivity contribution in [1.29, 1.82) is 0 Å². The highest BCUT2D eigenvalue weighted by molar-refractivity contribution is 7.92. The summed E-state index contributed by atoms with van der Waals surface area (Å²) in [4.78, 5) is 28.4. The largest absolute Gasteiger partial charge is 0.352 e. The molecule has 7 nitrogen and oxygen atoms in total. The Morgan fingerprint density at radius 2 is 1.51 bits per heavy atom. The molecule has 2 unspecified atom stereocenters. The fourth-order valence-electron chi connectivity index (χ4n) is 3.91. The molecular weight excluding hydrogens is 628 g/mol. The topological polar surface area (TPSA) is 86.8 Å². The summed E-state index contributed by atoms with van der Waals surface area (Å²) in [5, 5.41) is 3.81. The normalized spacial score (nSPS) is 12.9. The Balaban J connectivity index is 2.08. The van der Waals surface area contributed by atoms with E-state index in [1.54, 1.807) is 37.3 Å². The molecule has 3 aromatic rings. The zero-order chi connectivity index (χ0) is 30.5. The van der Waals surface area contributed by atoms with Crippen molar-refractivity contribution in [3.63, 3.8) is 0 Å². The van der Waals surface area contributed by atoms with Crippen LogP contribution in [-0.2, 0) is 26.2 Å². The van der Waals surface area contributed by atoms with Crippen LogP contribution in [0.1, 0.15) is 38.3 Å². The molecule has 0 radical (unpaired) electrons. The summed E-state index contributed by atoms with van der Waals surface area (Å²) in [6, 6.07) is 14.4. The molecule has 2 amide bonds. The van der Waals surface area contributed by atoms with Crippen molar-refractivity contribution in [1.82, 2.24) is 10.2 Å². The minimum absolute atomic E-state index is 0.0271. The highest BCUT2D eigenvalue weighted by atomic mass is 35.5. The monoisotopic (exact) mass is 657 g/mol. The van der Waals surface area contributed by atoms with Gasteiger partial charge in [0, 0.05) is 17.6 Å². The summed E-state index contributed by atoms with van der Waals surface area (Å²) >= 11 is 24.9. The van der Waals surface area contributed by atoms with Gasteiger partial charge < -0.3 is 10.2 Å². The van der Waals surface area contributed by atoms with E-state index in [2.05, 4.69) is 5.32 Å². The second kappa shape index (κ2) is 14.1. The van der Waals surface area contributed by atoms with Crippen LogP contribution in [-0.4, -0.2) is 43.8 Å². The van der Waals surface area contributed by atoms with Gasteiger partial charge in [-0.2, -0.15) is 0 Å². The first-order chi connectivity index (χ1) is 19.2. The van der Waals surface area contributed by atoms with Crippen molar-refractivity contribution >= 4 is 73.9 Å². The Morgan fingerprint density at radius 3 is 2.12 bits per heavy atom. The summed E-state index contributed by atoms with van der Waals surface area (Å²) in [5.74, 6) is -1.03. The fourth-order valence-corrected chi connectivity index (χ4v) is 6.09. The van der Waals surface area contributed by atoms with Gasteiger partial charge in [0.1, 0.15) is 12.6 Å². The Labute approximate surface area is 261 Å². The molecule has 0 aliphatic rings. The number of hydrogen-bond acceptors (Lipinski definition) is 4. The Morgan fingerprint density at radius 1 is 0.878 bits per heavy atom. The number of nitrogens with one attached hydrogen (secondary N) is 1. The molecule has 0 bridgehead atoms. The third-order valence-corrected chi connectivity index (χ3v) is 9.64. The highest BCUT2D eigenvalue weighted by Crippen LogP contribution is 2.33. The maximum atomic E-state index is 14.0. The fraction of sp³-hybridized carbons (Fsp3) is 0.310. The molecule has 0 aromatic heterocycles. The minimum Gasteiger partial charge on any atom is -0.352 e. The zero-order valence-electron chi connectivity index (χ0n) is 23.0. The van der Waals surface area contributed by atoms with Crippen molar-refractivity contribution in [2.24, 2.45) is 0 Å². The van der Waals surface area contributed by atoms with Crippen molar-refractivity contribution in [3.05, 3.63) is 91.9 Å². The molecule has 0 fully saturated rings. The Bertz CT molecular complexity index is 1520. The van der Waals surface area contributed by atoms with Crippen molar-refractivity contribution in [2.45, 2.75) is 57.6 Å². The van der Waals surface area contributed by atoms with Crippen molar-refractivity contribution in [2.75, 3.05) is 10.8 Å². The number of sulfonamides is 1. The molecule has 41 heavy (non-hydrogen) atoms. The first-order valence-electron chi connectivity index (χ1n) is 12.8. The lowest BCUT2D eigenvalue weighted by Gasteiger charge is -2.32. The van der Waals surface area contributed by atoms with Crippen LogP contribution in [0, 0.1) is 6.92 Å². The summed E-state index contributed by atoms with van der Waals surface area (Å²) in [5.41, 5.74) is 1.49. The molecule has 3 rings (SSSR count). The van der Waals surface area contributed by atoms with Gasteiger partial charge in [0.25, 0.3) is 10.0 Å². The lowest BCUT2D eigenvalue weighted by atomic mass is 10.1. The number of rotatable bonds is 11. The van der Waals surface area contributed by atoms with Gasteiger partial charge in [0.05, 0.1) is 25.7 Å². The van der Waals surface area contributed by atoms with Crippen LogP contribution in [0.5, 0.6) is 0 Å². The predicted octanol–water partition coefficient (Wildman–Crippen LogP) is 7.14. The van der Waals surface area contributed by atoms with E-state index in [1.807, 2.05) is 20.8 Å². The van der Waals surface area contributed by atoms with E-state index in [4.69, 9.17) is 46.4 Å². The quantitative estimate of drug-likeness (QED) is 0.237. The number of nitrogens with zero attached hydrogens (tertiary/aromatic N) is 2. The molecule has 1 N–H and O–H groups in total. The molecule has 220 valence electrons. The average molecular weight is 659 g/mol. The van der Waals surface area contributed by atoms with Crippen LogP contribution in [0.4, 0.5) is 5.69 Å². The van der Waals surface area contributed by atoms with Gasteiger partial charge in [0.2, 0.25) is 11.8 Å². The van der Waals surface area contributed by atoms with E-state index in [1.165, 1.54) is 35.2 Å². The maximum absolute atomic E-state index is 14.0. The number of anilines is 1. The number of carbonyl (C=O) groups is 2. The zero-order valence-corrected chi connectivity index (χ0v) is 26.8. The molecule has 0 saturated carbocycles. The van der Waals surface area contributed by atoms with E-state index >= 15 is 0 Å². The second-order valence-corrected chi connectivity index (χ2v) is 13.2. The van der Waals surface area contributed by atoms with Crippen LogP contribution in [0.25, 0.3) is 0 Å². The van der Waals surface area contributed by atoms with E-state index < -0.39 is 28.5 Å². The third-order valence-electron chi connectivity index (χ3n) is 6.57. The van der Waals surface area contributed by atoms with E-state index in [9.17, 15) is 18.0 Å². The first kappa shape index (κ1) is 33.0. The average Bonchev–Trinajstić information content (AvgIpc) is 2.93. The van der Waals surface area contributed by atoms with Gasteiger partial charge in [0.15, 0.2) is 0 Å². The van der Waals surface area contributed by atoms with Gasteiger partial charge in [-0.1, -0.05) is 77.1 Å². The number of carbonyl (C=O) groups excluding carboxylic acids is 2. The van der Waals surface area contributed by atoms with Gasteiger partial charge in [-0.3, -0.25) is 13.9 Å². The molecule has 0 aliphatic heterocycles. The smallest absolute Gasteiger partial charge is 0.264 e. The van der Waals surface area contributed by atoms with Gasteiger partial charge in [-0.15, -0.1) is 0 Å². The molecule has 12 heteroatoms. The SMILES string of the molecule is CCC(C)NC(=O)C(C)N(Cc1ccc(Cl)c(Cl)c1)C(=O)CN(c1cc(Cl)ccc1Cl)S(=O)(=O)c1ccc(C)cc1. The predicted molar refractivity (Wildman–Crippen MR) is 167 cm³/mol. The van der Waals surface area contributed by atoms with Gasteiger partial charge in [-0.05, 0) is 75.2 Å². The summed E-state index contributed by atoms with van der Waals surface area (Å²) in [7, 11) is -4.29. The summed E-state index contributed by atoms with van der Waals surface area (Å²) in [6.07, 6.45) is 0.690. The van der Waals surface area contributed by atoms with Crippen LogP contribution in [0.3, 0.4) is 0 Å². The van der Waals surface area contributed by atoms with Crippen LogP contribution < -0.4 is 9.62 Å². The molecule has 0 saturated heterocycles. The first-order valence-corrected chi connectivity index (χ1v) is 15.8. The lowest BCUT2D eigenvalue weighted by molar-refractivity contribution is -0.139. The second-order valence-electron chi connectivity index (χ2n) is 9.68. The number of hydrogen-bond donors (Lipinski definition) is 1. The molecule has 2 atom stereocenters. The molecule has 0 heterocycles. The number of benzene rings is 3. The maximum Gasteiger partial charge on any atom is 0.264 e. The van der Waals surface area contributed by atoms with E-state index in [0.29, 0.717) is 17.0 Å². The third kappa shape index (κ3) is 8.30.